The largest absolute Gasteiger partial charge is 0.356 e. The summed E-state index contributed by atoms with van der Waals surface area (Å²) in [5, 5.41) is 6.18. The standard InChI is InChI=1S/C13H24N2O/c1-4-5-6-7-10-15-13(16)9-8-11-14-12(2)3/h1,12,14H,5-11H2,2-3H3,(H,15,16). The molecule has 0 aromatic heterocycles. The molecule has 0 unspecified atom stereocenters. The van der Waals surface area contributed by atoms with E-state index in [1.807, 2.05) is 0 Å². The van der Waals surface area contributed by atoms with E-state index in [1.165, 1.54) is 0 Å². The zero-order chi connectivity index (χ0) is 12.2. The van der Waals surface area contributed by atoms with Gasteiger partial charge < -0.3 is 10.6 Å². The van der Waals surface area contributed by atoms with Gasteiger partial charge in [0, 0.05) is 25.4 Å². The molecule has 0 aromatic rings. The molecular weight excluding hydrogens is 200 g/mol. The van der Waals surface area contributed by atoms with Gasteiger partial charge in [-0.2, -0.15) is 0 Å². The Kier molecular flexibility index (Phi) is 9.84. The maximum Gasteiger partial charge on any atom is 0.220 e. The van der Waals surface area contributed by atoms with E-state index in [4.69, 9.17) is 6.42 Å². The van der Waals surface area contributed by atoms with Crippen LogP contribution >= 0.6 is 0 Å². The Bertz CT molecular complexity index is 218. The van der Waals surface area contributed by atoms with Crippen LogP contribution in [0.15, 0.2) is 0 Å². The first-order valence-corrected chi connectivity index (χ1v) is 6.10. The molecule has 0 saturated carbocycles. The van der Waals surface area contributed by atoms with Crippen LogP contribution in [0.2, 0.25) is 0 Å². The lowest BCUT2D eigenvalue weighted by Crippen LogP contribution is -2.27. The quantitative estimate of drug-likeness (QED) is 0.462. The highest BCUT2D eigenvalue weighted by atomic mass is 16.1. The predicted octanol–water partition coefficient (Wildman–Crippen LogP) is 1.68. The Morgan fingerprint density at radius 2 is 2.00 bits per heavy atom. The van der Waals surface area contributed by atoms with Crippen LogP contribution in [-0.4, -0.2) is 25.0 Å². The van der Waals surface area contributed by atoms with Crippen molar-refractivity contribution in [3.05, 3.63) is 0 Å². The zero-order valence-electron chi connectivity index (χ0n) is 10.5. The first-order chi connectivity index (χ1) is 7.66. The highest BCUT2D eigenvalue weighted by molar-refractivity contribution is 5.75. The summed E-state index contributed by atoms with van der Waals surface area (Å²) in [6, 6.07) is 0.492. The Morgan fingerprint density at radius 3 is 2.62 bits per heavy atom. The van der Waals surface area contributed by atoms with Gasteiger partial charge in [-0.1, -0.05) is 13.8 Å². The third-order valence-corrected chi connectivity index (χ3v) is 2.20. The summed E-state index contributed by atoms with van der Waals surface area (Å²) >= 11 is 0. The van der Waals surface area contributed by atoms with Gasteiger partial charge in [0.1, 0.15) is 0 Å². The molecule has 3 heteroatoms. The minimum atomic E-state index is 0.145. The lowest BCUT2D eigenvalue weighted by Gasteiger charge is -2.07. The van der Waals surface area contributed by atoms with Crippen molar-refractivity contribution in [2.75, 3.05) is 13.1 Å². The number of carbonyl (C=O) groups is 1. The fourth-order valence-electron chi connectivity index (χ4n) is 1.31. The SMILES string of the molecule is C#CCCCCNC(=O)CCCNC(C)C. The van der Waals surface area contributed by atoms with Crippen molar-refractivity contribution in [2.45, 2.75) is 52.0 Å². The van der Waals surface area contributed by atoms with E-state index in [2.05, 4.69) is 30.4 Å². The summed E-state index contributed by atoms with van der Waals surface area (Å²) in [4.78, 5) is 11.3. The second-order valence-electron chi connectivity index (χ2n) is 4.22. The molecule has 0 spiro atoms. The van der Waals surface area contributed by atoms with E-state index in [9.17, 15) is 4.79 Å². The molecule has 1 amide bonds. The lowest BCUT2D eigenvalue weighted by atomic mass is 10.2. The second kappa shape index (κ2) is 10.5. The molecule has 16 heavy (non-hydrogen) atoms. The van der Waals surface area contributed by atoms with Crippen molar-refractivity contribution in [1.82, 2.24) is 10.6 Å². The van der Waals surface area contributed by atoms with E-state index < -0.39 is 0 Å². The summed E-state index contributed by atoms with van der Waals surface area (Å²) in [5.74, 6) is 2.73. The summed E-state index contributed by atoms with van der Waals surface area (Å²) in [7, 11) is 0. The van der Waals surface area contributed by atoms with Crippen LogP contribution in [0.3, 0.4) is 0 Å². The van der Waals surface area contributed by atoms with Crippen molar-refractivity contribution in [3.63, 3.8) is 0 Å². The van der Waals surface area contributed by atoms with Gasteiger partial charge in [0.15, 0.2) is 0 Å². The van der Waals surface area contributed by atoms with E-state index in [0.717, 1.165) is 38.8 Å². The molecular formula is C13H24N2O. The number of carbonyl (C=O) groups excluding carboxylic acids is 1. The number of amides is 1. The minimum Gasteiger partial charge on any atom is -0.356 e. The maximum absolute atomic E-state index is 11.3. The monoisotopic (exact) mass is 224 g/mol. The summed E-state index contributed by atoms with van der Waals surface area (Å²) in [5.41, 5.74) is 0. The highest BCUT2D eigenvalue weighted by Gasteiger charge is 2.00. The van der Waals surface area contributed by atoms with Gasteiger partial charge in [-0.15, -0.1) is 12.3 Å². The van der Waals surface area contributed by atoms with Crippen molar-refractivity contribution in [1.29, 1.82) is 0 Å². The fraction of sp³-hybridized carbons (Fsp3) is 0.769. The van der Waals surface area contributed by atoms with Crippen molar-refractivity contribution >= 4 is 5.91 Å². The summed E-state index contributed by atoms with van der Waals surface area (Å²) < 4.78 is 0. The third-order valence-electron chi connectivity index (χ3n) is 2.20. The van der Waals surface area contributed by atoms with E-state index in [0.29, 0.717) is 12.5 Å². The van der Waals surface area contributed by atoms with Crippen LogP contribution in [0.5, 0.6) is 0 Å². The summed E-state index contributed by atoms with van der Waals surface area (Å²) in [6.07, 6.45) is 9.40. The van der Waals surface area contributed by atoms with Gasteiger partial charge in [-0.3, -0.25) is 4.79 Å². The number of rotatable bonds is 9. The van der Waals surface area contributed by atoms with Crippen LogP contribution in [0.4, 0.5) is 0 Å². The Morgan fingerprint density at radius 1 is 1.25 bits per heavy atom. The third kappa shape index (κ3) is 11.1. The molecule has 0 heterocycles. The predicted molar refractivity (Wildman–Crippen MR) is 68.1 cm³/mol. The Balaban J connectivity index is 3.22. The van der Waals surface area contributed by atoms with Gasteiger partial charge >= 0.3 is 0 Å². The number of hydrogen-bond donors (Lipinski definition) is 2. The maximum atomic E-state index is 11.3. The van der Waals surface area contributed by atoms with E-state index in [-0.39, 0.29) is 5.91 Å². The number of hydrogen-bond acceptors (Lipinski definition) is 2. The average molecular weight is 224 g/mol. The van der Waals surface area contributed by atoms with Gasteiger partial charge in [-0.25, -0.2) is 0 Å². The smallest absolute Gasteiger partial charge is 0.220 e. The topological polar surface area (TPSA) is 41.1 Å². The van der Waals surface area contributed by atoms with Gasteiger partial charge in [0.2, 0.25) is 5.91 Å². The molecule has 0 fully saturated rings. The number of terminal acetylenes is 1. The molecule has 0 aliphatic rings. The molecule has 0 aromatic carbocycles. The van der Waals surface area contributed by atoms with Crippen LogP contribution in [0.1, 0.15) is 46.0 Å². The average Bonchev–Trinajstić information content (AvgIpc) is 2.24. The van der Waals surface area contributed by atoms with Crippen LogP contribution in [0.25, 0.3) is 0 Å². The molecule has 0 atom stereocenters. The second-order valence-corrected chi connectivity index (χ2v) is 4.22. The number of unbranched alkanes of at least 4 members (excludes halogenated alkanes) is 2. The van der Waals surface area contributed by atoms with Gasteiger partial charge in [-0.05, 0) is 25.8 Å². The van der Waals surface area contributed by atoms with Gasteiger partial charge in [0.25, 0.3) is 0 Å². The van der Waals surface area contributed by atoms with Crippen LogP contribution in [0, 0.1) is 12.3 Å². The molecule has 0 saturated heterocycles. The molecule has 2 N–H and O–H groups in total. The van der Waals surface area contributed by atoms with Crippen molar-refractivity contribution < 1.29 is 4.79 Å². The highest BCUT2D eigenvalue weighted by Crippen LogP contribution is 1.93. The zero-order valence-corrected chi connectivity index (χ0v) is 10.5. The molecule has 0 rings (SSSR count). The molecule has 0 bridgehead atoms. The summed E-state index contributed by atoms with van der Waals surface area (Å²) in [6.45, 7) is 5.86. The lowest BCUT2D eigenvalue weighted by molar-refractivity contribution is -0.121. The van der Waals surface area contributed by atoms with E-state index >= 15 is 0 Å². The number of nitrogens with one attached hydrogen (secondary N) is 2. The normalized spacial score (nSPS) is 10.1. The molecule has 0 aliphatic heterocycles. The minimum absolute atomic E-state index is 0.145. The Labute approximate surface area is 99.4 Å². The van der Waals surface area contributed by atoms with Crippen LogP contribution in [-0.2, 0) is 4.79 Å². The van der Waals surface area contributed by atoms with Crippen LogP contribution < -0.4 is 10.6 Å². The molecule has 92 valence electrons. The van der Waals surface area contributed by atoms with Crippen molar-refractivity contribution in [2.24, 2.45) is 0 Å². The molecule has 0 aliphatic carbocycles. The van der Waals surface area contributed by atoms with E-state index in [1.54, 1.807) is 0 Å². The Hall–Kier alpha value is -1.01. The molecule has 3 nitrogen and oxygen atoms in total. The molecule has 0 radical (unpaired) electrons. The van der Waals surface area contributed by atoms with Crippen molar-refractivity contribution in [3.8, 4) is 12.3 Å². The first-order valence-electron chi connectivity index (χ1n) is 6.10. The fourth-order valence-corrected chi connectivity index (χ4v) is 1.31. The first kappa shape index (κ1) is 15.0. The van der Waals surface area contributed by atoms with Gasteiger partial charge in [0.05, 0.1) is 0 Å².